The predicted molar refractivity (Wildman–Crippen MR) is 144 cm³/mol. The molecule has 0 heterocycles. The molecule has 0 radical (unpaired) electrons. The van der Waals surface area contributed by atoms with Crippen LogP contribution in [0.3, 0.4) is 0 Å². The van der Waals surface area contributed by atoms with Crippen LogP contribution in [0.4, 0.5) is 11.4 Å². The van der Waals surface area contributed by atoms with E-state index in [0.717, 1.165) is 15.4 Å². The largest absolute Gasteiger partial charge is 0.494 e. The second-order valence-corrected chi connectivity index (χ2v) is 10.5. The van der Waals surface area contributed by atoms with Crippen molar-refractivity contribution in [1.29, 1.82) is 0 Å². The summed E-state index contributed by atoms with van der Waals surface area (Å²) in [4.78, 5) is 24.0. The van der Waals surface area contributed by atoms with Gasteiger partial charge in [0, 0.05) is 27.6 Å². The third-order valence-corrected chi connectivity index (χ3v) is 7.83. The first-order chi connectivity index (χ1) is 17.6. The lowest BCUT2D eigenvalue weighted by atomic mass is 10.2. The van der Waals surface area contributed by atoms with Crippen molar-refractivity contribution in [3.63, 3.8) is 0 Å². The number of ether oxygens (including phenoxy) is 1. The van der Waals surface area contributed by atoms with Gasteiger partial charge in [-0.1, -0.05) is 11.6 Å². The molecule has 0 fully saturated rings. The Morgan fingerprint density at radius 3 is 2.43 bits per heavy atom. The van der Waals surface area contributed by atoms with E-state index in [1.54, 1.807) is 24.3 Å². The Hall–Kier alpha value is -3.61. The van der Waals surface area contributed by atoms with Crippen molar-refractivity contribution in [2.24, 2.45) is 5.10 Å². The van der Waals surface area contributed by atoms with E-state index in [1.165, 1.54) is 54.2 Å². The molecule has 3 aromatic rings. The molecule has 0 saturated heterocycles. The third-order valence-electron chi connectivity index (χ3n) is 4.95. The molecule has 0 aliphatic rings. The van der Waals surface area contributed by atoms with E-state index in [4.69, 9.17) is 16.3 Å². The minimum Gasteiger partial charge on any atom is -0.494 e. The maximum Gasteiger partial charge on any atom is 0.270 e. The van der Waals surface area contributed by atoms with Gasteiger partial charge in [0.1, 0.15) is 12.3 Å². The van der Waals surface area contributed by atoms with Gasteiger partial charge in [-0.3, -0.25) is 19.2 Å². The van der Waals surface area contributed by atoms with Crippen molar-refractivity contribution in [2.45, 2.75) is 16.7 Å². The molecular formula is C24H23ClN4O6S2. The van der Waals surface area contributed by atoms with Crippen LogP contribution in [0.15, 0.2) is 81.6 Å². The summed E-state index contributed by atoms with van der Waals surface area (Å²) in [5.41, 5.74) is 2.51. The number of thioether (sulfide) groups is 1. The average molecular weight is 563 g/mol. The van der Waals surface area contributed by atoms with Gasteiger partial charge in [0.15, 0.2) is 0 Å². The Balaban J connectivity index is 1.86. The van der Waals surface area contributed by atoms with E-state index in [1.807, 2.05) is 13.2 Å². The van der Waals surface area contributed by atoms with Crippen molar-refractivity contribution < 1.29 is 22.9 Å². The quantitative estimate of drug-likeness (QED) is 0.155. The zero-order valence-corrected chi connectivity index (χ0v) is 22.2. The molecule has 3 rings (SSSR count). The second-order valence-electron chi connectivity index (χ2n) is 7.37. The molecule has 37 heavy (non-hydrogen) atoms. The van der Waals surface area contributed by atoms with E-state index in [2.05, 4.69) is 10.5 Å². The number of sulfonamides is 1. The lowest BCUT2D eigenvalue weighted by Gasteiger charge is -2.24. The number of rotatable bonds is 11. The molecule has 0 spiro atoms. The van der Waals surface area contributed by atoms with Gasteiger partial charge in [0.25, 0.3) is 21.6 Å². The third kappa shape index (κ3) is 7.21. The minimum atomic E-state index is -4.12. The van der Waals surface area contributed by atoms with Crippen LogP contribution in [0.2, 0.25) is 5.02 Å². The number of nitro groups is 1. The summed E-state index contributed by atoms with van der Waals surface area (Å²) in [5, 5.41) is 15.0. The molecule has 13 heteroatoms. The normalized spacial score (nSPS) is 11.3. The Morgan fingerprint density at radius 1 is 1.16 bits per heavy atom. The van der Waals surface area contributed by atoms with Crippen molar-refractivity contribution in [2.75, 3.05) is 23.7 Å². The lowest BCUT2D eigenvalue weighted by molar-refractivity contribution is -0.384. The molecule has 1 N–H and O–H groups in total. The van der Waals surface area contributed by atoms with Crippen LogP contribution in [-0.4, -0.2) is 44.9 Å². The first kappa shape index (κ1) is 28.0. The number of nitrogens with zero attached hydrogens (tertiary/aromatic N) is 3. The molecule has 194 valence electrons. The first-order valence-electron chi connectivity index (χ1n) is 10.8. The highest BCUT2D eigenvalue weighted by Crippen LogP contribution is 2.27. The number of nitro benzene ring substituents is 1. The molecule has 0 atom stereocenters. The molecular weight excluding hydrogens is 540 g/mol. The molecule has 0 aromatic heterocycles. The van der Waals surface area contributed by atoms with Gasteiger partial charge < -0.3 is 4.74 Å². The molecule has 3 aromatic carbocycles. The Morgan fingerprint density at radius 2 is 1.84 bits per heavy atom. The molecule has 1 amide bonds. The summed E-state index contributed by atoms with van der Waals surface area (Å²) in [6.45, 7) is 1.69. The van der Waals surface area contributed by atoms with Crippen LogP contribution in [0.1, 0.15) is 12.5 Å². The van der Waals surface area contributed by atoms with Crippen LogP contribution in [-0.2, 0) is 14.8 Å². The van der Waals surface area contributed by atoms with Crippen LogP contribution in [0.5, 0.6) is 5.75 Å². The molecule has 0 bridgehead atoms. The minimum absolute atomic E-state index is 0.0128. The highest BCUT2D eigenvalue weighted by Gasteiger charge is 2.27. The number of amides is 1. The Kier molecular flexibility index (Phi) is 9.50. The summed E-state index contributed by atoms with van der Waals surface area (Å²) < 4.78 is 33.4. The molecule has 10 nitrogen and oxygen atoms in total. The SMILES string of the molecule is CCOc1ccc(N(CC(=O)N/N=C\c2cc([N+](=O)[O-])ccc2Cl)S(=O)(=O)c2ccc(SC)cc2)cc1. The van der Waals surface area contributed by atoms with E-state index in [0.29, 0.717) is 12.4 Å². The number of carbonyl (C=O) groups excluding carboxylic acids is 1. The number of benzene rings is 3. The number of carbonyl (C=O) groups is 1. The van der Waals surface area contributed by atoms with Gasteiger partial charge in [-0.05, 0) is 67.8 Å². The fourth-order valence-electron chi connectivity index (χ4n) is 3.15. The van der Waals surface area contributed by atoms with Crippen LogP contribution in [0.25, 0.3) is 0 Å². The number of halogens is 1. The maximum absolute atomic E-state index is 13.5. The van der Waals surface area contributed by atoms with Gasteiger partial charge >= 0.3 is 0 Å². The van der Waals surface area contributed by atoms with Crippen molar-refractivity contribution in [3.8, 4) is 5.75 Å². The summed E-state index contributed by atoms with van der Waals surface area (Å²) in [6, 6.07) is 16.4. The number of non-ortho nitro benzene ring substituents is 1. The number of anilines is 1. The van der Waals surface area contributed by atoms with E-state index < -0.39 is 27.4 Å². The van der Waals surface area contributed by atoms with Crippen molar-refractivity contribution in [1.82, 2.24) is 5.43 Å². The van der Waals surface area contributed by atoms with Crippen LogP contribution < -0.4 is 14.5 Å². The topological polar surface area (TPSA) is 131 Å². The summed E-state index contributed by atoms with van der Waals surface area (Å²) in [6.07, 6.45) is 3.02. The standard InChI is InChI=1S/C24H23ClN4O6S2/c1-3-35-20-7-4-18(5-8-20)28(37(33,34)22-11-9-21(36-2)10-12-22)16-24(30)27-26-15-17-14-19(29(31)32)6-13-23(17)25/h4-15H,3,16H2,1-2H3,(H,27,30)/b26-15-. The Labute approximate surface area is 223 Å². The zero-order chi connectivity index (χ0) is 27.0. The van der Waals surface area contributed by atoms with Crippen molar-refractivity contribution >= 4 is 56.9 Å². The Bertz CT molecular complexity index is 1400. The number of hydrogen-bond acceptors (Lipinski definition) is 8. The monoisotopic (exact) mass is 562 g/mol. The molecule has 0 unspecified atom stereocenters. The average Bonchev–Trinajstić information content (AvgIpc) is 2.89. The highest BCUT2D eigenvalue weighted by molar-refractivity contribution is 7.98. The second kappa shape index (κ2) is 12.6. The first-order valence-corrected chi connectivity index (χ1v) is 13.9. The van der Waals surface area contributed by atoms with Gasteiger partial charge in [-0.2, -0.15) is 5.10 Å². The van der Waals surface area contributed by atoms with Crippen molar-refractivity contribution in [3.05, 3.63) is 87.4 Å². The number of hydrogen-bond donors (Lipinski definition) is 1. The zero-order valence-electron chi connectivity index (χ0n) is 19.8. The van der Waals surface area contributed by atoms with Crippen LogP contribution in [0, 0.1) is 10.1 Å². The summed E-state index contributed by atoms with van der Waals surface area (Å²) in [7, 11) is -4.12. The van der Waals surface area contributed by atoms with Gasteiger partial charge in [-0.25, -0.2) is 13.8 Å². The lowest BCUT2D eigenvalue weighted by Crippen LogP contribution is -2.39. The smallest absolute Gasteiger partial charge is 0.270 e. The van der Waals surface area contributed by atoms with E-state index in [9.17, 15) is 23.3 Å². The molecule has 0 saturated carbocycles. The van der Waals surface area contributed by atoms with E-state index >= 15 is 0 Å². The fraction of sp³-hybridized carbons (Fsp3) is 0.167. The summed E-state index contributed by atoms with van der Waals surface area (Å²) in [5.74, 6) is -0.188. The number of nitrogens with one attached hydrogen (secondary N) is 1. The van der Waals surface area contributed by atoms with Gasteiger partial charge in [-0.15, -0.1) is 11.8 Å². The van der Waals surface area contributed by atoms with Crippen LogP contribution >= 0.6 is 23.4 Å². The van der Waals surface area contributed by atoms with Gasteiger partial charge in [0.05, 0.1) is 28.3 Å². The van der Waals surface area contributed by atoms with E-state index in [-0.39, 0.29) is 26.9 Å². The van der Waals surface area contributed by atoms with Gasteiger partial charge in [0.2, 0.25) is 0 Å². The summed E-state index contributed by atoms with van der Waals surface area (Å²) >= 11 is 7.51. The highest BCUT2D eigenvalue weighted by atomic mass is 35.5. The molecule has 0 aliphatic heterocycles. The predicted octanol–water partition coefficient (Wildman–Crippen LogP) is 4.71. The number of hydrazone groups is 1. The fourth-order valence-corrected chi connectivity index (χ4v) is 5.14. The maximum atomic E-state index is 13.5. The molecule has 0 aliphatic carbocycles.